The Balaban J connectivity index is 2.09. The third kappa shape index (κ3) is 4.14. The van der Waals surface area contributed by atoms with Gasteiger partial charge in [0, 0.05) is 26.6 Å². The van der Waals surface area contributed by atoms with E-state index in [1.807, 2.05) is 0 Å². The minimum Gasteiger partial charge on any atom is -0.242 e. The highest BCUT2D eigenvalue weighted by molar-refractivity contribution is 6.31. The largest absolute Gasteiger partial charge is 0.434 e. The van der Waals surface area contributed by atoms with Gasteiger partial charge in [0.25, 0.3) is 0 Å². The monoisotopic (exact) mass is 441 g/mol. The molecule has 0 saturated carbocycles. The molecule has 1 nitrogen and oxygen atoms in total. The topological polar surface area (TPSA) is 12.9 Å². The molecule has 0 aliphatic rings. The molecule has 0 amide bonds. The van der Waals surface area contributed by atoms with Crippen molar-refractivity contribution in [3.05, 3.63) is 99.7 Å². The van der Waals surface area contributed by atoms with Crippen LogP contribution >= 0.6 is 23.2 Å². The van der Waals surface area contributed by atoms with E-state index in [0.717, 1.165) is 0 Å². The molecule has 3 aromatic carbocycles. The van der Waals surface area contributed by atoms with E-state index in [1.54, 1.807) is 72.8 Å². The maximum Gasteiger partial charge on any atom is 0.434 e. The summed E-state index contributed by atoms with van der Waals surface area (Å²) in [6, 6.07) is 20.0. The van der Waals surface area contributed by atoms with Gasteiger partial charge in [-0.1, -0.05) is 71.4 Å². The van der Waals surface area contributed by atoms with Crippen LogP contribution in [0.1, 0.15) is 16.8 Å². The Kier molecular flexibility index (Phi) is 5.42. The van der Waals surface area contributed by atoms with Gasteiger partial charge < -0.3 is 0 Å². The van der Waals surface area contributed by atoms with E-state index in [2.05, 4.69) is 16.8 Å². The lowest BCUT2D eigenvalue weighted by Crippen LogP contribution is -2.12. The maximum atomic E-state index is 14.0. The van der Waals surface area contributed by atoms with Crippen molar-refractivity contribution < 1.29 is 13.2 Å². The van der Waals surface area contributed by atoms with Gasteiger partial charge in [-0.2, -0.15) is 13.2 Å². The lowest BCUT2D eigenvalue weighted by Gasteiger charge is -2.16. The first kappa shape index (κ1) is 20.3. The molecule has 30 heavy (non-hydrogen) atoms. The van der Waals surface area contributed by atoms with Crippen LogP contribution < -0.4 is 0 Å². The fourth-order valence-electron chi connectivity index (χ4n) is 3.18. The number of rotatable bonds is 1. The molecule has 0 spiro atoms. The average Bonchev–Trinajstić information content (AvgIpc) is 2.70. The number of nitrogens with zero attached hydrogens (tertiary/aromatic N) is 1. The van der Waals surface area contributed by atoms with E-state index in [1.165, 1.54) is 0 Å². The van der Waals surface area contributed by atoms with E-state index in [9.17, 15) is 13.2 Å². The summed E-state index contributed by atoms with van der Waals surface area (Å²) in [7, 11) is 0. The van der Waals surface area contributed by atoms with Crippen molar-refractivity contribution >= 4 is 34.1 Å². The van der Waals surface area contributed by atoms with Gasteiger partial charge in [-0.05, 0) is 42.0 Å². The number of aromatic nitrogens is 1. The molecule has 148 valence electrons. The summed E-state index contributed by atoms with van der Waals surface area (Å²) in [6.45, 7) is 0. The molecular formula is C24H12Cl2F3N. The van der Waals surface area contributed by atoms with Crippen molar-refractivity contribution in [3.63, 3.8) is 0 Å². The lowest BCUT2D eigenvalue weighted by atomic mass is 9.94. The summed E-state index contributed by atoms with van der Waals surface area (Å²) >= 11 is 12.1. The Morgan fingerprint density at radius 3 is 2.17 bits per heavy atom. The molecule has 0 unspecified atom stereocenters. The molecular weight excluding hydrogens is 430 g/mol. The van der Waals surface area contributed by atoms with E-state index in [0.29, 0.717) is 32.1 Å². The van der Waals surface area contributed by atoms with Gasteiger partial charge >= 0.3 is 6.18 Å². The zero-order valence-electron chi connectivity index (χ0n) is 15.3. The van der Waals surface area contributed by atoms with E-state index in [-0.39, 0.29) is 11.1 Å². The molecule has 4 aromatic rings. The molecule has 0 radical (unpaired) electrons. The Morgan fingerprint density at radius 1 is 0.767 bits per heavy atom. The minimum atomic E-state index is -4.68. The smallest absolute Gasteiger partial charge is 0.242 e. The van der Waals surface area contributed by atoms with Gasteiger partial charge in [-0.25, -0.2) is 4.98 Å². The van der Waals surface area contributed by atoms with Crippen molar-refractivity contribution in [2.75, 3.05) is 0 Å². The second-order valence-electron chi connectivity index (χ2n) is 6.50. The summed E-state index contributed by atoms with van der Waals surface area (Å²) in [5.74, 6) is 5.50. The number of fused-ring (bicyclic) bond motifs is 1. The van der Waals surface area contributed by atoms with Crippen molar-refractivity contribution in [1.29, 1.82) is 0 Å². The number of alkyl halides is 3. The molecule has 0 N–H and O–H groups in total. The molecule has 0 aliphatic carbocycles. The molecule has 4 rings (SSSR count). The second kappa shape index (κ2) is 8.02. The quantitative estimate of drug-likeness (QED) is 0.276. The Bertz CT molecular complexity index is 1320. The van der Waals surface area contributed by atoms with Crippen molar-refractivity contribution in [2.24, 2.45) is 0 Å². The van der Waals surface area contributed by atoms with Gasteiger partial charge in [0.05, 0.1) is 11.1 Å². The summed E-state index contributed by atoms with van der Waals surface area (Å²) in [4.78, 5) is 3.90. The first-order valence-electron chi connectivity index (χ1n) is 8.86. The van der Waals surface area contributed by atoms with Crippen LogP contribution in [0.15, 0.2) is 72.8 Å². The SMILES string of the molecule is FC(F)(F)c1nc2ccccc2c(-c2cccc(Cl)c2)c1C#Cc1cccc(Cl)c1. The first-order valence-corrected chi connectivity index (χ1v) is 9.62. The van der Waals surface area contributed by atoms with Crippen molar-refractivity contribution in [1.82, 2.24) is 4.98 Å². The number of benzene rings is 3. The number of hydrogen-bond acceptors (Lipinski definition) is 1. The number of para-hydroxylation sites is 1. The maximum absolute atomic E-state index is 14.0. The molecule has 0 aliphatic heterocycles. The van der Waals surface area contributed by atoms with Crippen LogP contribution in [0.3, 0.4) is 0 Å². The summed E-state index contributed by atoms with van der Waals surface area (Å²) in [5, 5.41) is 1.42. The molecule has 1 aromatic heterocycles. The van der Waals surface area contributed by atoms with Crippen LogP contribution in [0.5, 0.6) is 0 Å². The molecule has 1 heterocycles. The fourth-order valence-corrected chi connectivity index (χ4v) is 3.56. The third-order valence-corrected chi connectivity index (χ3v) is 4.90. The molecule has 6 heteroatoms. The first-order chi connectivity index (χ1) is 14.3. The highest BCUT2D eigenvalue weighted by Crippen LogP contribution is 2.39. The Labute approximate surface area is 181 Å². The third-order valence-electron chi connectivity index (χ3n) is 4.43. The van der Waals surface area contributed by atoms with E-state index < -0.39 is 11.9 Å². The normalized spacial score (nSPS) is 11.2. The van der Waals surface area contributed by atoms with Crippen molar-refractivity contribution in [2.45, 2.75) is 6.18 Å². The summed E-state index contributed by atoms with van der Waals surface area (Å²) in [5.41, 5.74) is 0.357. The van der Waals surface area contributed by atoms with E-state index >= 15 is 0 Å². The van der Waals surface area contributed by atoms with Crippen LogP contribution in [-0.4, -0.2) is 4.98 Å². The predicted molar refractivity (Wildman–Crippen MR) is 115 cm³/mol. The number of halogens is 5. The average molecular weight is 442 g/mol. The molecule has 0 saturated heterocycles. The van der Waals surface area contributed by atoms with Crippen LogP contribution in [-0.2, 0) is 6.18 Å². The number of pyridine rings is 1. The highest BCUT2D eigenvalue weighted by Gasteiger charge is 2.37. The molecule has 0 fully saturated rings. The Hall–Kier alpha value is -3.00. The molecule has 0 bridgehead atoms. The van der Waals surface area contributed by atoms with Gasteiger partial charge in [0.1, 0.15) is 0 Å². The van der Waals surface area contributed by atoms with Crippen LogP contribution in [0.4, 0.5) is 13.2 Å². The van der Waals surface area contributed by atoms with Gasteiger partial charge in [0.2, 0.25) is 0 Å². The van der Waals surface area contributed by atoms with Crippen molar-refractivity contribution in [3.8, 4) is 23.0 Å². The number of hydrogen-bond donors (Lipinski definition) is 0. The van der Waals surface area contributed by atoms with Crippen LogP contribution in [0, 0.1) is 11.8 Å². The summed E-state index contributed by atoms with van der Waals surface area (Å²) in [6.07, 6.45) is -4.68. The fraction of sp³-hybridized carbons (Fsp3) is 0.0417. The standard InChI is InChI=1S/C24H12Cl2F3N/c25-17-7-3-5-15(13-17)11-12-20-22(16-6-4-8-18(26)14-16)19-9-1-2-10-21(19)30-23(20)24(27,28)29/h1-10,13-14H. The van der Waals surface area contributed by atoms with Crippen LogP contribution in [0.25, 0.3) is 22.0 Å². The lowest BCUT2D eigenvalue weighted by molar-refractivity contribution is -0.141. The molecule has 0 atom stereocenters. The van der Waals surface area contributed by atoms with Gasteiger partial charge in [-0.15, -0.1) is 0 Å². The highest BCUT2D eigenvalue weighted by atomic mass is 35.5. The minimum absolute atomic E-state index is 0.205. The van der Waals surface area contributed by atoms with Gasteiger partial charge in [0.15, 0.2) is 5.69 Å². The van der Waals surface area contributed by atoms with Crippen LogP contribution in [0.2, 0.25) is 10.0 Å². The zero-order chi connectivity index (χ0) is 21.3. The van der Waals surface area contributed by atoms with E-state index in [4.69, 9.17) is 23.2 Å². The second-order valence-corrected chi connectivity index (χ2v) is 7.37. The van der Waals surface area contributed by atoms with Gasteiger partial charge in [-0.3, -0.25) is 0 Å². The zero-order valence-corrected chi connectivity index (χ0v) is 16.8. The Morgan fingerprint density at radius 2 is 1.47 bits per heavy atom. The predicted octanol–water partition coefficient (Wildman–Crippen LogP) is 7.63. The summed E-state index contributed by atoms with van der Waals surface area (Å²) < 4.78 is 41.9.